The zero-order chi connectivity index (χ0) is 17.8. The van der Waals surface area contributed by atoms with Crippen molar-refractivity contribution >= 4 is 17.3 Å². The monoisotopic (exact) mass is 351 g/mol. The van der Waals surface area contributed by atoms with E-state index in [0.717, 1.165) is 50.6 Å². The summed E-state index contributed by atoms with van der Waals surface area (Å²) in [5, 5.41) is 3.36. The molecular formula is C21H25N3O2. The fraction of sp³-hybridized carbons (Fsp3) is 0.381. The lowest BCUT2D eigenvalue weighted by Gasteiger charge is -2.31. The number of benzene rings is 2. The lowest BCUT2D eigenvalue weighted by atomic mass is 10.00. The summed E-state index contributed by atoms with van der Waals surface area (Å²) in [4.78, 5) is 17.0. The number of para-hydroxylation sites is 2. The minimum absolute atomic E-state index is 0.149. The summed E-state index contributed by atoms with van der Waals surface area (Å²) >= 11 is 0. The summed E-state index contributed by atoms with van der Waals surface area (Å²) in [6.45, 7) is 5.10. The van der Waals surface area contributed by atoms with Gasteiger partial charge < -0.3 is 19.9 Å². The van der Waals surface area contributed by atoms with Crippen LogP contribution in [0.25, 0.3) is 0 Å². The summed E-state index contributed by atoms with van der Waals surface area (Å²) in [5.74, 6) is 0.149. The Labute approximate surface area is 154 Å². The quantitative estimate of drug-likeness (QED) is 0.919. The zero-order valence-corrected chi connectivity index (χ0v) is 15.0. The highest BCUT2D eigenvalue weighted by molar-refractivity contribution is 5.83. The van der Waals surface area contributed by atoms with E-state index in [-0.39, 0.29) is 5.91 Å². The molecule has 1 fully saturated rings. The van der Waals surface area contributed by atoms with E-state index in [4.69, 9.17) is 4.74 Å². The van der Waals surface area contributed by atoms with Crippen LogP contribution in [0.1, 0.15) is 11.1 Å². The van der Waals surface area contributed by atoms with Crippen LogP contribution in [0.5, 0.6) is 0 Å². The van der Waals surface area contributed by atoms with Gasteiger partial charge in [-0.1, -0.05) is 36.4 Å². The summed E-state index contributed by atoms with van der Waals surface area (Å²) in [7, 11) is 0. The third kappa shape index (κ3) is 3.68. The van der Waals surface area contributed by atoms with Gasteiger partial charge in [-0.2, -0.15) is 0 Å². The number of amides is 1. The van der Waals surface area contributed by atoms with E-state index in [0.29, 0.717) is 13.1 Å². The fourth-order valence-corrected chi connectivity index (χ4v) is 3.69. The summed E-state index contributed by atoms with van der Waals surface area (Å²) in [5.41, 5.74) is 4.79. The second kappa shape index (κ2) is 7.79. The molecule has 2 aliphatic heterocycles. The number of carbonyl (C=O) groups excluding carboxylic acids is 1. The standard InChI is InChI=1S/C21H25N3O2/c25-21(24-10-9-17-5-1-2-6-18(17)16-24)15-22-19-7-3-4-8-20(19)23-11-13-26-14-12-23/h1-8,22H,9-16H2. The summed E-state index contributed by atoms with van der Waals surface area (Å²) < 4.78 is 5.44. The summed E-state index contributed by atoms with van der Waals surface area (Å²) in [6.07, 6.45) is 0.937. The number of hydrogen-bond donors (Lipinski definition) is 1. The summed E-state index contributed by atoms with van der Waals surface area (Å²) in [6, 6.07) is 16.6. The van der Waals surface area contributed by atoms with Crippen molar-refractivity contribution in [2.75, 3.05) is 49.6 Å². The van der Waals surface area contributed by atoms with E-state index in [1.807, 2.05) is 29.2 Å². The first-order valence-corrected chi connectivity index (χ1v) is 9.31. The molecule has 5 heteroatoms. The average molecular weight is 351 g/mol. The van der Waals surface area contributed by atoms with Crippen molar-refractivity contribution in [3.63, 3.8) is 0 Å². The molecule has 2 aromatic rings. The van der Waals surface area contributed by atoms with Gasteiger partial charge in [-0.05, 0) is 29.7 Å². The van der Waals surface area contributed by atoms with Crippen molar-refractivity contribution in [3.8, 4) is 0 Å². The van der Waals surface area contributed by atoms with Gasteiger partial charge in [0.15, 0.2) is 0 Å². The van der Waals surface area contributed by atoms with Gasteiger partial charge >= 0.3 is 0 Å². The Hall–Kier alpha value is -2.53. The Bertz CT molecular complexity index is 771. The first-order valence-electron chi connectivity index (χ1n) is 9.31. The maximum Gasteiger partial charge on any atom is 0.242 e. The van der Waals surface area contributed by atoms with E-state index in [2.05, 4.69) is 34.5 Å². The molecule has 4 rings (SSSR count). The van der Waals surface area contributed by atoms with Crippen LogP contribution in [0.4, 0.5) is 11.4 Å². The van der Waals surface area contributed by atoms with Gasteiger partial charge in [0, 0.05) is 26.2 Å². The van der Waals surface area contributed by atoms with E-state index in [1.54, 1.807) is 0 Å². The number of anilines is 2. The van der Waals surface area contributed by atoms with Gasteiger partial charge in [0.1, 0.15) is 0 Å². The molecule has 0 atom stereocenters. The minimum Gasteiger partial charge on any atom is -0.378 e. The van der Waals surface area contributed by atoms with Crippen LogP contribution in [-0.2, 0) is 22.5 Å². The van der Waals surface area contributed by atoms with E-state index in [1.165, 1.54) is 11.1 Å². The highest BCUT2D eigenvalue weighted by atomic mass is 16.5. The number of nitrogens with zero attached hydrogens (tertiary/aromatic N) is 2. The Balaban J connectivity index is 1.39. The number of carbonyl (C=O) groups is 1. The zero-order valence-electron chi connectivity index (χ0n) is 15.0. The van der Waals surface area contributed by atoms with Crippen LogP contribution in [0.2, 0.25) is 0 Å². The Kier molecular flexibility index (Phi) is 5.07. The van der Waals surface area contributed by atoms with E-state index >= 15 is 0 Å². The van der Waals surface area contributed by atoms with Crippen LogP contribution < -0.4 is 10.2 Å². The van der Waals surface area contributed by atoms with Gasteiger partial charge in [-0.3, -0.25) is 4.79 Å². The molecule has 2 aliphatic rings. The fourth-order valence-electron chi connectivity index (χ4n) is 3.69. The molecule has 0 saturated carbocycles. The first-order chi connectivity index (χ1) is 12.8. The predicted molar refractivity (Wildman–Crippen MR) is 104 cm³/mol. The number of hydrogen-bond acceptors (Lipinski definition) is 4. The molecule has 0 aliphatic carbocycles. The maximum absolute atomic E-state index is 12.7. The van der Waals surface area contributed by atoms with Crippen LogP contribution in [0.3, 0.4) is 0 Å². The third-order valence-corrected chi connectivity index (χ3v) is 5.17. The Morgan fingerprint density at radius 3 is 2.54 bits per heavy atom. The van der Waals surface area contributed by atoms with E-state index < -0.39 is 0 Å². The largest absolute Gasteiger partial charge is 0.378 e. The van der Waals surface area contributed by atoms with Crippen LogP contribution in [-0.4, -0.2) is 50.2 Å². The maximum atomic E-state index is 12.7. The molecule has 1 amide bonds. The third-order valence-electron chi connectivity index (χ3n) is 5.17. The van der Waals surface area contributed by atoms with Gasteiger partial charge in [-0.15, -0.1) is 0 Å². The molecular weight excluding hydrogens is 326 g/mol. The lowest BCUT2D eigenvalue weighted by molar-refractivity contribution is -0.130. The van der Waals surface area contributed by atoms with Crippen molar-refractivity contribution in [1.29, 1.82) is 0 Å². The average Bonchev–Trinajstić information content (AvgIpc) is 2.72. The van der Waals surface area contributed by atoms with Crippen LogP contribution >= 0.6 is 0 Å². The van der Waals surface area contributed by atoms with Crippen molar-refractivity contribution in [3.05, 3.63) is 59.7 Å². The number of ether oxygens (including phenoxy) is 1. The van der Waals surface area contributed by atoms with Crippen LogP contribution in [0.15, 0.2) is 48.5 Å². The van der Waals surface area contributed by atoms with Gasteiger partial charge in [0.05, 0.1) is 31.1 Å². The van der Waals surface area contributed by atoms with Gasteiger partial charge in [0.2, 0.25) is 5.91 Å². The predicted octanol–water partition coefficient (Wildman–Crippen LogP) is 2.52. The molecule has 1 saturated heterocycles. The molecule has 0 spiro atoms. The molecule has 0 bridgehead atoms. The van der Waals surface area contributed by atoms with Gasteiger partial charge in [-0.25, -0.2) is 0 Å². The second-order valence-electron chi connectivity index (χ2n) is 6.80. The highest BCUT2D eigenvalue weighted by Crippen LogP contribution is 2.26. The SMILES string of the molecule is O=C(CNc1ccccc1N1CCOCC1)N1CCc2ccccc2C1. The van der Waals surface area contributed by atoms with Crippen molar-refractivity contribution in [2.45, 2.75) is 13.0 Å². The Morgan fingerprint density at radius 2 is 1.69 bits per heavy atom. The minimum atomic E-state index is 0.149. The highest BCUT2D eigenvalue weighted by Gasteiger charge is 2.21. The smallest absolute Gasteiger partial charge is 0.242 e. The number of nitrogens with one attached hydrogen (secondary N) is 1. The molecule has 5 nitrogen and oxygen atoms in total. The molecule has 136 valence electrons. The van der Waals surface area contributed by atoms with Crippen molar-refractivity contribution in [2.24, 2.45) is 0 Å². The van der Waals surface area contributed by atoms with E-state index in [9.17, 15) is 4.79 Å². The molecule has 2 heterocycles. The molecule has 1 N–H and O–H groups in total. The molecule has 26 heavy (non-hydrogen) atoms. The topological polar surface area (TPSA) is 44.8 Å². The van der Waals surface area contributed by atoms with Crippen LogP contribution in [0, 0.1) is 0 Å². The Morgan fingerprint density at radius 1 is 0.962 bits per heavy atom. The van der Waals surface area contributed by atoms with Crippen molar-refractivity contribution in [1.82, 2.24) is 4.90 Å². The number of morpholine rings is 1. The molecule has 0 unspecified atom stereocenters. The van der Waals surface area contributed by atoms with Gasteiger partial charge in [0.25, 0.3) is 0 Å². The second-order valence-corrected chi connectivity index (χ2v) is 6.80. The number of rotatable bonds is 4. The first kappa shape index (κ1) is 16.9. The molecule has 2 aromatic carbocycles. The normalized spacial score (nSPS) is 16.9. The lowest BCUT2D eigenvalue weighted by Crippen LogP contribution is -2.40. The number of fused-ring (bicyclic) bond motifs is 1. The molecule has 0 aromatic heterocycles. The van der Waals surface area contributed by atoms with Crippen molar-refractivity contribution < 1.29 is 9.53 Å². The molecule has 0 radical (unpaired) electrons.